The molecule has 1 unspecified atom stereocenters. The molecule has 3 nitrogen and oxygen atoms in total. The lowest BCUT2D eigenvalue weighted by Gasteiger charge is -2.18. The summed E-state index contributed by atoms with van der Waals surface area (Å²) in [5.74, 6) is 1.98. The number of likely N-dealkylation sites (tertiary alicyclic amines) is 1. The van der Waals surface area contributed by atoms with Gasteiger partial charge in [-0.3, -0.25) is 4.79 Å². The van der Waals surface area contributed by atoms with Gasteiger partial charge in [0.1, 0.15) is 5.75 Å². The van der Waals surface area contributed by atoms with Crippen LogP contribution in [0.3, 0.4) is 0 Å². The summed E-state index contributed by atoms with van der Waals surface area (Å²) in [7, 11) is 0. The molecule has 0 bridgehead atoms. The minimum Gasteiger partial charge on any atom is -0.492 e. The number of carbonyl (C=O) groups is 1. The summed E-state index contributed by atoms with van der Waals surface area (Å²) in [6, 6.07) is 15.5. The van der Waals surface area contributed by atoms with Gasteiger partial charge in [-0.1, -0.05) is 30.3 Å². The average Bonchev–Trinajstić information content (AvgIpc) is 3.29. The summed E-state index contributed by atoms with van der Waals surface area (Å²) in [4.78, 5) is 16.1. The average molecular weight is 472 g/mol. The maximum absolute atomic E-state index is 13.0. The lowest BCUT2D eigenvalue weighted by atomic mass is 9.96. The Morgan fingerprint density at radius 1 is 1.09 bits per heavy atom. The lowest BCUT2D eigenvalue weighted by molar-refractivity contribution is -0.137. The van der Waals surface area contributed by atoms with Gasteiger partial charge >= 0.3 is 6.18 Å². The second kappa shape index (κ2) is 9.03. The van der Waals surface area contributed by atoms with Gasteiger partial charge in [0.2, 0.25) is 0 Å². The topological polar surface area (TPSA) is 29.5 Å². The third kappa shape index (κ3) is 4.89. The number of benzene rings is 3. The van der Waals surface area contributed by atoms with Crippen molar-refractivity contribution in [3.05, 3.63) is 71.3 Å². The van der Waals surface area contributed by atoms with Crippen LogP contribution in [0.25, 0.3) is 10.8 Å². The van der Waals surface area contributed by atoms with Crippen LogP contribution in [0.2, 0.25) is 0 Å². The van der Waals surface area contributed by atoms with Crippen molar-refractivity contribution in [2.75, 3.05) is 32.0 Å². The summed E-state index contributed by atoms with van der Waals surface area (Å²) in [5.41, 5.74) is 0.812. The molecule has 0 aliphatic carbocycles. The number of ether oxygens (including phenoxy) is 1. The Hall–Kier alpha value is -2.51. The molecular weight excluding hydrogens is 447 g/mol. The van der Waals surface area contributed by atoms with E-state index in [2.05, 4.69) is 11.0 Å². The fraction of sp³-hybridized carbons (Fsp3) is 0.346. The first-order valence-corrected chi connectivity index (χ1v) is 12.1. The largest absolute Gasteiger partial charge is 0.492 e. The molecule has 5 rings (SSSR count). The van der Waals surface area contributed by atoms with Crippen molar-refractivity contribution >= 4 is 28.3 Å². The Bertz CT molecular complexity index is 1190. The highest BCUT2D eigenvalue weighted by atomic mass is 32.2. The third-order valence-electron chi connectivity index (χ3n) is 6.44. The number of hydrogen-bond acceptors (Lipinski definition) is 4. The molecule has 3 aromatic carbocycles. The van der Waals surface area contributed by atoms with Crippen LogP contribution in [0.4, 0.5) is 13.2 Å². The molecule has 2 aliphatic rings. The van der Waals surface area contributed by atoms with Crippen LogP contribution in [0.15, 0.2) is 59.5 Å². The van der Waals surface area contributed by atoms with Crippen molar-refractivity contribution in [1.82, 2.24) is 4.90 Å². The second-order valence-electron chi connectivity index (χ2n) is 8.64. The number of fused-ring (bicyclic) bond motifs is 2. The van der Waals surface area contributed by atoms with Crippen molar-refractivity contribution in [1.29, 1.82) is 0 Å². The Balaban J connectivity index is 1.21. The van der Waals surface area contributed by atoms with Crippen LogP contribution in [0.5, 0.6) is 5.75 Å². The molecule has 1 fully saturated rings. The molecule has 2 aliphatic heterocycles. The maximum Gasteiger partial charge on any atom is 0.416 e. The number of ketones is 1. The molecule has 0 radical (unpaired) electrons. The number of thioether (sulfide) groups is 1. The van der Waals surface area contributed by atoms with Gasteiger partial charge in [-0.15, -0.1) is 11.8 Å². The molecule has 0 amide bonds. The molecule has 1 atom stereocenters. The normalized spacial score (nSPS) is 18.8. The van der Waals surface area contributed by atoms with Gasteiger partial charge in [-0.25, -0.2) is 0 Å². The van der Waals surface area contributed by atoms with Crippen molar-refractivity contribution in [2.45, 2.75) is 29.8 Å². The van der Waals surface area contributed by atoms with Gasteiger partial charge in [-0.2, -0.15) is 13.2 Å². The molecule has 0 spiro atoms. The van der Waals surface area contributed by atoms with Crippen molar-refractivity contribution < 1.29 is 22.7 Å². The van der Waals surface area contributed by atoms with E-state index in [9.17, 15) is 18.0 Å². The Labute approximate surface area is 194 Å². The maximum atomic E-state index is 13.0. The minimum atomic E-state index is -4.33. The fourth-order valence-electron chi connectivity index (χ4n) is 4.64. The smallest absolute Gasteiger partial charge is 0.416 e. The quantitative estimate of drug-likeness (QED) is 0.403. The van der Waals surface area contributed by atoms with Crippen LogP contribution in [0.1, 0.15) is 40.2 Å². The lowest BCUT2D eigenvalue weighted by Crippen LogP contribution is -2.23. The highest BCUT2D eigenvalue weighted by Crippen LogP contribution is 2.37. The predicted molar refractivity (Wildman–Crippen MR) is 124 cm³/mol. The minimum absolute atomic E-state index is 0.0639. The zero-order valence-corrected chi connectivity index (χ0v) is 18.8. The Morgan fingerprint density at radius 2 is 1.97 bits per heavy atom. The molecule has 0 aromatic heterocycles. The van der Waals surface area contributed by atoms with Crippen LogP contribution in [-0.2, 0) is 6.18 Å². The summed E-state index contributed by atoms with van der Waals surface area (Å²) in [6.45, 7) is 2.79. The number of hydrogen-bond donors (Lipinski definition) is 0. The fourth-order valence-corrected chi connectivity index (χ4v) is 5.50. The van der Waals surface area contributed by atoms with Crippen LogP contribution in [0, 0.1) is 0 Å². The van der Waals surface area contributed by atoms with Crippen LogP contribution >= 0.6 is 11.8 Å². The van der Waals surface area contributed by atoms with Gasteiger partial charge in [0.15, 0.2) is 5.78 Å². The zero-order valence-electron chi connectivity index (χ0n) is 18.0. The zero-order chi connectivity index (χ0) is 23.0. The van der Waals surface area contributed by atoms with E-state index < -0.39 is 11.7 Å². The van der Waals surface area contributed by atoms with Gasteiger partial charge in [-0.05, 0) is 59.5 Å². The summed E-state index contributed by atoms with van der Waals surface area (Å²) < 4.78 is 44.8. The molecule has 1 saturated heterocycles. The molecular formula is C26H24F3NO2S. The van der Waals surface area contributed by atoms with E-state index in [1.165, 1.54) is 12.1 Å². The van der Waals surface area contributed by atoms with Crippen molar-refractivity contribution in [3.8, 4) is 5.75 Å². The summed E-state index contributed by atoms with van der Waals surface area (Å²) in [5, 5.41) is 2.08. The van der Waals surface area contributed by atoms with E-state index in [0.717, 1.165) is 51.8 Å². The number of Topliss-reactive ketones (excluding diaryl/α,β-unsaturated/α-hetero) is 1. The highest BCUT2D eigenvalue weighted by molar-refractivity contribution is 7.99. The number of nitrogens with zero attached hydrogens (tertiary/aromatic N) is 1. The predicted octanol–water partition coefficient (Wildman–Crippen LogP) is 6.41. The SMILES string of the molecule is O=C(CCN1CCC(c2cccc(C(F)(F)F)c2)C1)c1ccc2cc3c(cc2c1)SCCO3. The van der Waals surface area contributed by atoms with Gasteiger partial charge in [0, 0.05) is 30.8 Å². The molecule has 2 heterocycles. The standard InChI is InChI=1S/C26H24F3NO2S/c27-26(28,29)22-3-1-2-17(13-22)20-6-8-30(16-20)9-7-23(31)19-5-4-18-14-24-25(15-21(18)12-19)33-11-10-32-24/h1-5,12-15,20H,6-11,16H2. The Kier molecular flexibility index (Phi) is 6.10. The van der Waals surface area contributed by atoms with Gasteiger partial charge < -0.3 is 9.64 Å². The first-order valence-electron chi connectivity index (χ1n) is 11.1. The highest BCUT2D eigenvalue weighted by Gasteiger charge is 2.32. The summed E-state index contributed by atoms with van der Waals surface area (Å²) in [6.07, 6.45) is -3.13. The number of carbonyl (C=O) groups excluding carboxylic acids is 1. The van der Waals surface area contributed by atoms with Gasteiger partial charge in [0.25, 0.3) is 0 Å². The molecule has 7 heteroatoms. The van der Waals surface area contributed by atoms with E-state index >= 15 is 0 Å². The molecule has 172 valence electrons. The van der Waals surface area contributed by atoms with E-state index in [4.69, 9.17) is 4.74 Å². The van der Waals surface area contributed by atoms with E-state index in [1.54, 1.807) is 17.8 Å². The molecule has 0 N–H and O–H groups in total. The van der Waals surface area contributed by atoms with E-state index in [-0.39, 0.29) is 11.7 Å². The number of halogens is 3. The molecule has 33 heavy (non-hydrogen) atoms. The van der Waals surface area contributed by atoms with Crippen LogP contribution in [-0.4, -0.2) is 42.7 Å². The Morgan fingerprint density at radius 3 is 2.82 bits per heavy atom. The van der Waals surface area contributed by atoms with E-state index in [0.29, 0.717) is 31.7 Å². The van der Waals surface area contributed by atoms with E-state index in [1.807, 2.05) is 24.3 Å². The van der Waals surface area contributed by atoms with Crippen LogP contribution < -0.4 is 4.74 Å². The van der Waals surface area contributed by atoms with Gasteiger partial charge in [0.05, 0.1) is 17.1 Å². The molecule has 3 aromatic rings. The second-order valence-corrected chi connectivity index (χ2v) is 9.78. The molecule has 0 saturated carbocycles. The summed E-state index contributed by atoms with van der Waals surface area (Å²) >= 11 is 1.77. The monoisotopic (exact) mass is 471 g/mol. The van der Waals surface area contributed by atoms with Crippen molar-refractivity contribution in [3.63, 3.8) is 0 Å². The number of rotatable bonds is 5. The third-order valence-corrected chi connectivity index (χ3v) is 7.44. The number of alkyl halides is 3. The van der Waals surface area contributed by atoms with Crippen molar-refractivity contribution in [2.24, 2.45) is 0 Å². The first-order chi connectivity index (χ1) is 15.9. The first kappa shape index (κ1) is 22.3.